The molecule has 0 aromatic carbocycles. The van der Waals surface area contributed by atoms with Crippen LogP contribution >= 0.6 is 7.82 Å². The van der Waals surface area contributed by atoms with E-state index in [2.05, 4.69) is 18.4 Å². The molecular formula is C21H41Na2O7P. The number of phosphoric ester groups is 1. The van der Waals surface area contributed by atoms with Gasteiger partial charge in [0, 0.05) is 0 Å². The third-order valence-electron chi connectivity index (χ3n) is 4.83. The summed E-state index contributed by atoms with van der Waals surface area (Å²) in [5.74, 6) is -0.254. The van der Waals surface area contributed by atoms with E-state index >= 15 is 0 Å². The summed E-state index contributed by atoms with van der Waals surface area (Å²) in [5.41, 5.74) is 0. The Kier molecular flexibility index (Phi) is 31.3. The number of phosphoric acid groups is 1. The molecule has 0 fully saturated rings. The average Bonchev–Trinajstić information content (AvgIpc) is 2.66. The number of esters is 1. The number of hydrogen-bond donors (Lipinski definition) is 0. The Morgan fingerprint density at radius 3 is 1.77 bits per heavy atom. The summed E-state index contributed by atoms with van der Waals surface area (Å²) in [7, 11) is -4.95. The standard InChI is InChI=1S/C21H43O7P.2Na/c1-3-5-6-7-8-9-10-11-12-13-15-20(14-4-2)21(22)27-18-16-26-17-19-28-29(23,24)25;;/h20H,3-19H2,1-2H3,(H2,23,24,25);;/q;2*+1/p-2. The van der Waals surface area contributed by atoms with Crippen molar-refractivity contribution in [2.24, 2.45) is 5.92 Å². The maximum atomic E-state index is 12.2. The maximum Gasteiger partial charge on any atom is 1.00 e. The summed E-state index contributed by atoms with van der Waals surface area (Å²) in [5, 5.41) is 0. The van der Waals surface area contributed by atoms with Crippen LogP contribution in [0.4, 0.5) is 0 Å². The molecule has 0 aliphatic rings. The van der Waals surface area contributed by atoms with Gasteiger partial charge in [0.1, 0.15) is 6.61 Å². The summed E-state index contributed by atoms with van der Waals surface area (Å²) in [6.07, 6.45) is 15.4. The van der Waals surface area contributed by atoms with Crippen LogP contribution in [0.15, 0.2) is 0 Å². The molecule has 0 spiro atoms. The first-order valence-electron chi connectivity index (χ1n) is 11.3. The van der Waals surface area contributed by atoms with Crippen molar-refractivity contribution >= 4 is 13.8 Å². The van der Waals surface area contributed by atoms with Crippen molar-refractivity contribution in [2.45, 2.75) is 97.3 Å². The Labute approximate surface area is 234 Å². The molecule has 0 radical (unpaired) electrons. The summed E-state index contributed by atoms with van der Waals surface area (Å²) in [6, 6.07) is 0. The molecule has 0 aromatic heterocycles. The normalized spacial score (nSPS) is 12.0. The monoisotopic (exact) mass is 482 g/mol. The molecule has 0 aliphatic carbocycles. The minimum absolute atomic E-state index is 0. The molecule has 0 amide bonds. The maximum absolute atomic E-state index is 12.2. The van der Waals surface area contributed by atoms with E-state index in [1.807, 2.05) is 0 Å². The second-order valence-corrected chi connectivity index (χ2v) is 8.67. The number of ether oxygens (including phenoxy) is 2. The zero-order chi connectivity index (χ0) is 21.8. The fourth-order valence-corrected chi connectivity index (χ4v) is 3.53. The molecule has 1 atom stereocenters. The van der Waals surface area contributed by atoms with Crippen molar-refractivity contribution in [2.75, 3.05) is 26.4 Å². The van der Waals surface area contributed by atoms with E-state index in [4.69, 9.17) is 9.47 Å². The van der Waals surface area contributed by atoms with Gasteiger partial charge >= 0.3 is 65.1 Å². The summed E-state index contributed by atoms with van der Waals surface area (Å²) in [6.45, 7) is 4.20. The van der Waals surface area contributed by atoms with Crippen LogP contribution in [0.1, 0.15) is 97.3 Å². The van der Waals surface area contributed by atoms with Crippen molar-refractivity contribution in [1.29, 1.82) is 0 Å². The zero-order valence-electron chi connectivity index (χ0n) is 20.4. The van der Waals surface area contributed by atoms with Gasteiger partial charge < -0.3 is 28.3 Å². The Bertz CT molecular complexity index is 436. The van der Waals surface area contributed by atoms with E-state index in [0.717, 1.165) is 32.1 Å². The Balaban J connectivity index is -0.00000392. The van der Waals surface area contributed by atoms with Gasteiger partial charge in [0.2, 0.25) is 0 Å². The summed E-state index contributed by atoms with van der Waals surface area (Å²) in [4.78, 5) is 32.8. The molecule has 0 aromatic rings. The first-order valence-corrected chi connectivity index (χ1v) is 12.8. The van der Waals surface area contributed by atoms with Crippen LogP contribution < -0.4 is 68.9 Å². The molecule has 7 nitrogen and oxygen atoms in total. The van der Waals surface area contributed by atoms with Gasteiger partial charge in [-0.3, -0.25) is 4.79 Å². The van der Waals surface area contributed by atoms with E-state index in [0.29, 0.717) is 0 Å². The largest absolute Gasteiger partial charge is 1.00 e. The minimum atomic E-state index is -4.95. The van der Waals surface area contributed by atoms with Crippen LogP contribution in [-0.4, -0.2) is 32.4 Å². The Morgan fingerprint density at radius 2 is 1.26 bits per heavy atom. The number of hydrogen-bond acceptors (Lipinski definition) is 7. The predicted molar refractivity (Wildman–Crippen MR) is 110 cm³/mol. The smallest absolute Gasteiger partial charge is 0.790 e. The van der Waals surface area contributed by atoms with Crippen molar-refractivity contribution in [3.8, 4) is 0 Å². The van der Waals surface area contributed by atoms with Crippen LogP contribution in [0, 0.1) is 5.92 Å². The first kappa shape index (κ1) is 37.1. The van der Waals surface area contributed by atoms with Crippen LogP contribution in [0.2, 0.25) is 0 Å². The van der Waals surface area contributed by atoms with Gasteiger partial charge in [-0.1, -0.05) is 84.5 Å². The van der Waals surface area contributed by atoms with Gasteiger partial charge in [-0.15, -0.1) is 0 Å². The molecule has 0 aliphatic heterocycles. The number of carbonyl (C=O) groups is 1. The number of unbranched alkanes of at least 4 members (excludes halogenated alkanes) is 9. The van der Waals surface area contributed by atoms with E-state index in [9.17, 15) is 19.1 Å². The predicted octanol–water partition coefficient (Wildman–Crippen LogP) is -1.87. The number of rotatable bonds is 21. The molecule has 0 saturated heterocycles. The minimum Gasteiger partial charge on any atom is -0.790 e. The van der Waals surface area contributed by atoms with E-state index in [-0.39, 0.29) is 97.4 Å². The average molecular weight is 483 g/mol. The van der Waals surface area contributed by atoms with Crippen molar-refractivity contribution < 1.29 is 92.3 Å². The molecular weight excluding hydrogens is 441 g/mol. The molecule has 0 heterocycles. The summed E-state index contributed by atoms with van der Waals surface area (Å²) < 4.78 is 24.7. The van der Waals surface area contributed by atoms with Gasteiger partial charge in [-0.25, -0.2) is 0 Å². The molecule has 174 valence electrons. The quantitative estimate of drug-likeness (QED) is 0.0816. The van der Waals surface area contributed by atoms with Gasteiger partial charge in [-0.05, 0) is 12.8 Å². The molecule has 0 N–H and O–H groups in total. The SMILES string of the molecule is CCCCCCCCCCCCC(CCC)C(=O)OCCOCCOP(=O)([O-])[O-].[Na+].[Na+]. The Morgan fingerprint density at radius 1 is 0.742 bits per heavy atom. The van der Waals surface area contributed by atoms with Crippen LogP contribution in [-0.2, 0) is 23.4 Å². The first-order chi connectivity index (χ1) is 13.9. The molecule has 0 bridgehead atoms. The van der Waals surface area contributed by atoms with E-state index < -0.39 is 7.82 Å². The molecule has 0 saturated carbocycles. The van der Waals surface area contributed by atoms with Crippen molar-refractivity contribution in [3.63, 3.8) is 0 Å². The second kappa shape index (κ2) is 26.2. The molecule has 10 heteroatoms. The zero-order valence-corrected chi connectivity index (χ0v) is 25.3. The second-order valence-electron chi connectivity index (χ2n) is 7.52. The van der Waals surface area contributed by atoms with Crippen LogP contribution in [0.3, 0.4) is 0 Å². The van der Waals surface area contributed by atoms with Gasteiger partial charge in [-0.2, -0.15) is 0 Å². The molecule has 1 unspecified atom stereocenters. The number of carbonyl (C=O) groups excluding carboxylic acids is 1. The van der Waals surface area contributed by atoms with Gasteiger partial charge in [0.25, 0.3) is 0 Å². The fraction of sp³-hybridized carbons (Fsp3) is 0.952. The molecule has 0 rings (SSSR count). The van der Waals surface area contributed by atoms with E-state index in [1.54, 1.807) is 0 Å². The third kappa shape index (κ3) is 27.7. The topological polar surface area (TPSA) is 108 Å². The third-order valence-corrected chi connectivity index (χ3v) is 5.32. The fourth-order valence-electron chi connectivity index (χ4n) is 3.24. The van der Waals surface area contributed by atoms with Crippen LogP contribution in [0.5, 0.6) is 0 Å². The van der Waals surface area contributed by atoms with Gasteiger partial charge in [0.05, 0.1) is 33.6 Å². The van der Waals surface area contributed by atoms with E-state index in [1.165, 1.54) is 51.4 Å². The molecule has 31 heavy (non-hydrogen) atoms. The van der Waals surface area contributed by atoms with Crippen molar-refractivity contribution in [3.05, 3.63) is 0 Å². The van der Waals surface area contributed by atoms with Crippen LogP contribution in [0.25, 0.3) is 0 Å². The Hall–Kier alpha value is 1.54. The van der Waals surface area contributed by atoms with Crippen molar-refractivity contribution in [1.82, 2.24) is 0 Å². The van der Waals surface area contributed by atoms with Gasteiger partial charge in [0.15, 0.2) is 0 Å². The summed E-state index contributed by atoms with van der Waals surface area (Å²) >= 11 is 0.